The van der Waals surface area contributed by atoms with Gasteiger partial charge < -0.3 is 20.1 Å². The van der Waals surface area contributed by atoms with E-state index in [9.17, 15) is 14.4 Å². The van der Waals surface area contributed by atoms with Crippen molar-refractivity contribution in [1.29, 1.82) is 0 Å². The van der Waals surface area contributed by atoms with Crippen LogP contribution >= 0.6 is 11.3 Å². The molecule has 1 aromatic heterocycles. The average molecular weight is 420 g/mol. The first-order valence-electron chi connectivity index (χ1n) is 9.27. The Hall–Kier alpha value is -2.94. The lowest BCUT2D eigenvalue weighted by Crippen LogP contribution is -2.46. The fourth-order valence-electron chi connectivity index (χ4n) is 2.35. The molecule has 1 heterocycles. The van der Waals surface area contributed by atoms with Crippen LogP contribution in [0.4, 0.5) is 0 Å². The number of hydrogen-bond acceptors (Lipinski definition) is 7. The van der Waals surface area contributed by atoms with Crippen molar-refractivity contribution in [2.24, 2.45) is 0 Å². The summed E-state index contributed by atoms with van der Waals surface area (Å²) >= 11 is 1.52. The standard InChI is InChI=1S/C20H25N3O5S/c1-4-9-21-19(25)13(2)22-18(24)11-28-20(26)16-7-5-6-8-17(16)27-10-15-12-29-14(3)23-15/h5-8,12-13H,4,9-11H2,1-3H3,(H,21,25)(H,22,24)/t13-/m1/s1. The first kappa shape index (κ1) is 22.4. The number of aryl methyl sites for hydroxylation is 1. The van der Waals surface area contributed by atoms with E-state index in [1.807, 2.05) is 19.2 Å². The van der Waals surface area contributed by atoms with Gasteiger partial charge in [0.15, 0.2) is 6.61 Å². The number of carbonyl (C=O) groups excluding carboxylic acids is 3. The van der Waals surface area contributed by atoms with E-state index in [4.69, 9.17) is 9.47 Å². The van der Waals surface area contributed by atoms with E-state index in [-0.39, 0.29) is 18.1 Å². The lowest BCUT2D eigenvalue weighted by molar-refractivity contribution is -0.130. The third kappa shape index (κ3) is 7.19. The normalized spacial score (nSPS) is 11.4. The second kappa shape index (κ2) is 11.2. The van der Waals surface area contributed by atoms with E-state index in [1.165, 1.54) is 11.3 Å². The van der Waals surface area contributed by atoms with Crippen molar-refractivity contribution in [2.45, 2.75) is 39.8 Å². The lowest BCUT2D eigenvalue weighted by atomic mass is 10.2. The molecular formula is C20H25N3O5S. The number of benzene rings is 1. The predicted molar refractivity (Wildman–Crippen MR) is 109 cm³/mol. The summed E-state index contributed by atoms with van der Waals surface area (Å²) in [6.45, 7) is 5.66. The molecule has 0 saturated heterocycles. The van der Waals surface area contributed by atoms with Crippen molar-refractivity contribution in [3.05, 3.63) is 45.9 Å². The first-order chi connectivity index (χ1) is 13.9. The Morgan fingerprint density at radius 3 is 2.69 bits per heavy atom. The van der Waals surface area contributed by atoms with Gasteiger partial charge in [-0.15, -0.1) is 11.3 Å². The third-order valence-corrected chi connectivity index (χ3v) is 4.63. The van der Waals surface area contributed by atoms with Crippen molar-refractivity contribution < 1.29 is 23.9 Å². The maximum absolute atomic E-state index is 12.4. The van der Waals surface area contributed by atoms with Gasteiger partial charge in [-0.3, -0.25) is 9.59 Å². The van der Waals surface area contributed by atoms with Gasteiger partial charge in [-0.2, -0.15) is 0 Å². The summed E-state index contributed by atoms with van der Waals surface area (Å²) in [5.41, 5.74) is 0.978. The smallest absolute Gasteiger partial charge is 0.342 e. The summed E-state index contributed by atoms with van der Waals surface area (Å²) in [6, 6.07) is 5.90. The minimum atomic E-state index is -0.718. The van der Waals surface area contributed by atoms with Crippen LogP contribution in [0.15, 0.2) is 29.6 Å². The van der Waals surface area contributed by atoms with Crippen LogP contribution in [0.1, 0.15) is 41.3 Å². The largest absolute Gasteiger partial charge is 0.486 e. The molecule has 0 radical (unpaired) electrons. The summed E-state index contributed by atoms with van der Waals surface area (Å²) < 4.78 is 10.8. The molecule has 0 fully saturated rings. The molecule has 0 spiro atoms. The molecule has 0 bridgehead atoms. The fourth-order valence-corrected chi connectivity index (χ4v) is 2.94. The molecule has 2 N–H and O–H groups in total. The highest BCUT2D eigenvalue weighted by Gasteiger charge is 2.18. The SMILES string of the molecule is CCCNC(=O)[C@@H](C)NC(=O)COC(=O)c1ccccc1OCc1csc(C)n1. The van der Waals surface area contributed by atoms with Crippen LogP contribution in [0.25, 0.3) is 0 Å². The molecule has 2 rings (SSSR count). The van der Waals surface area contributed by atoms with Gasteiger partial charge >= 0.3 is 5.97 Å². The van der Waals surface area contributed by atoms with E-state index in [2.05, 4.69) is 15.6 Å². The van der Waals surface area contributed by atoms with Crippen LogP contribution in [-0.4, -0.2) is 42.0 Å². The molecule has 8 nitrogen and oxygen atoms in total. The van der Waals surface area contributed by atoms with Gasteiger partial charge in [-0.1, -0.05) is 19.1 Å². The number of rotatable bonds is 10. The molecule has 0 saturated carbocycles. The Morgan fingerprint density at radius 1 is 1.24 bits per heavy atom. The van der Waals surface area contributed by atoms with Crippen LogP contribution in [0.3, 0.4) is 0 Å². The number of thiazole rings is 1. The van der Waals surface area contributed by atoms with E-state index in [0.717, 1.165) is 17.1 Å². The Morgan fingerprint density at radius 2 is 2.00 bits per heavy atom. The fraction of sp³-hybridized carbons (Fsp3) is 0.400. The van der Waals surface area contributed by atoms with Crippen LogP contribution in [0.2, 0.25) is 0 Å². The number of ether oxygens (including phenoxy) is 2. The van der Waals surface area contributed by atoms with Crippen molar-refractivity contribution in [3.8, 4) is 5.75 Å². The number of hydrogen-bond donors (Lipinski definition) is 2. The highest BCUT2D eigenvalue weighted by molar-refractivity contribution is 7.09. The lowest BCUT2D eigenvalue weighted by Gasteiger charge is -2.14. The van der Waals surface area contributed by atoms with Crippen LogP contribution < -0.4 is 15.4 Å². The second-order valence-electron chi connectivity index (χ2n) is 6.30. The molecule has 0 aliphatic carbocycles. The van der Waals surface area contributed by atoms with Crippen molar-refractivity contribution in [1.82, 2.24) is 15.6 Å². The zero-order valence-corrected chi connectivity index (χ0v) is 17.5. The minimum absolute atomic E-state index is 0.209. The molecule has 1 atom stereocenters. The molecule has 0 aliphatic rings. The molecule has 2 amide bonds. The monoisotopic (exact) mass is 419 g/mol. The van der Waals surface area contributed by atoms with Gasteiger partial charge in [-0.05, 0) is 32.4 Å². The number of esters is 1. The zero-order valence-electron chi connectivity index (χ0n) is 16.7. The third-order valence-electron chi connectivity index (χ3n) is 3.80. The first-order valence-corrected chi connectivity index (χ1v) is 10.2. The Balaban J connectivity index is 1.87. The topological polar surface area (TPSA) is 107 Å². The average Bonchev–Trinajstić information content (AvgIpc) is 3.13. The maximum atomic E-state index is 12.4. The molecule has 9 heteroatoms. The van der Waals surface area contributed by atoms with Crippen molar-refractivity contribution in [2.75, 3.05) is 13.2 Å². The number of nitrogens with zero attached hydrogens (tertiary/aromatic N) is 1. The summed E-state index contributed by atoms with van der Waals surface area (Å²) in [6.07, 6.45) is 0.799. The Kier molecular flexibility index (Phi) is 8.60. The van der Waals surface area contributed by atoms with Crippen molar-refractivity contribution in [3.63, 3.8) is 0 Å². The Labute approximate surface area is 173 Å². The van der Waals surface area contributed by atoms with Crippen molar-refractivity contribution >= 4 is 29.1 Å². The number of carbonyl (C=O) groups is 3. The van der Waals surface area contributed by atoms with Gasteiger partial charge in [0.05, 0.1) is 10.7 Å². The molecular weight excluding hydrogens is 394 g/mol. The van der Waals surface area contributed by atoms with Gasteiger partial charge in [0.2, 0.25) is 5.91 Å². The molecule has 2 aromatic rings. The molecule has 156 valence electrons. The summed E-state index contributed by atoms with van der Waals surface area (Å²) in [5, 5.41) is 7.99. The van der Waals surface area contributed by atoms with Gasteiger partial charge in [0.1, 0.15) is 24.0 Å². The molecule has 1 aromatic carbocycles. The van der Waals surface area contributed by atoms with Crippen LogP contribution in [-0.2, 0) is 20.9 Å². The molecule has 0 unspecified atom stereocenters. The van der Waals surface area contributed by atoms with E-state index < -0.39 is 24.5 Å². The zero-order chi connectivity index (χ0) is 21.2. The quantitative estimate of drug-likeness (QED) is 0.572. The maximum Gasteiger partial charge on any atom is 0.342 e. The second-order valence-corrected chi connectivity index (χ2v) is 7.36. The predicted octanol–water partition coefficient (Wildman–Crippen LogP) is 2.22. The molecule has 29 heavy (non-hydrogen) atoms. The van der Waals surface area contributed by atoms with Crippen LogP contribution in [0, 0.1) is 6.92 Å². The Bertz CT molecular complexity index is 852. The summed E-state index contributed by atoms with van der Waals surface area (Å²) in [4.78, 5) is 40.4. The number of nitrogens with one attached hydrogen (secondary N) is 2. The number of amides is 2. The van der Waals surface area contributed by atoms with E-state index in [1.54, 1.807) is 31.2 Å². The minimum Gasteiger partial charge on any atom is -0.486 e. The molecule has 0 aliphatic heterocycles. The number of aromatic nitrogens is 1. The van der Waals surface area contributed by atoms with Gasteiger partial charge in [0.25, 0.3) is 5.91 Å². The van der Waals surface area contributed by atoms with E-state index >= 15 is 0 Å². The van der Waals surface area contributed by atoms with Gasteiger partial charge in [-0.25, -0.2) is 9.78 Å². The van der Waals surface area contributed by atoms with E-state index in [0.29, 0.717) is 12.3 Å². The highest BCUT2D eigenvalue weighted by atomic mass is 32.1. The summed E-state index contributed by atoms with van der Waals surface area (Å²) in [7, 11) is 0. The number of para-hydroxylation sites is 1. The van der Waals surface area contributed by atoms with Crippen LogP contribution in [0.5, 0.6) is 5.75 Å². The highest BCUT2D eigenvalue weighted by Crippen LogP contribution is 2.20. The summed E-state index contributed by atoms with van der Waals surface area (Å²) in [5.74, 6) is -1.19. The van der Waals surface area contributed by atoms with Gasteiger partial charge in [0, 0.05) is 11.9 Å².